The molecule has 0 aromatic heterocycles. The summed E-state index contributed by atoms with van der Waals surface area (Å²) in [6.07, 6.45) is 7.60. The van der Waals surface area contributed by atoms with Crippen molar-refractivity contribution >= 4 is 27.3 Å². The first kappa shape index (κ1) is 15.6. The van der Waals surface area contributed by atoms with Gasteiger partial charge < -0.3 is 5.73 Å². The molecule has 20 heavy (non-hydrogen) atoms. The Morgan fingerprint density at radius 3 is 2.30 bits per heavy atom. The predicted molar refractivity (Wildman–Crippen MR) is 82.3 cm³/mol. The molecule has 1 fully saturated rings. The standard InChI is InChI=1S/C14H21ClN2O2S/c15-13-10-12(8-9-14(13)16)20(18,19)17-11-6-4-2-1-3-5-7-11/h8-11,17H,1-7,16H2. The number of sulfonamides is 1. The van der Waals surface area contributed by atoms with Crippen LogP contribution in [0.5, 0.6) is 0 Å². The summed E-state index contributed by atoms with van der Waals surface area (Å²) >= 11 is 5.89. The van der Waals surface area contributed by atoms with Gasteiger partial charge in [-0.1, -0.05) is 43.7 Å². The largest absolute Gasteiger partial charge is 0.398 e. The van der Waals surface area contributed by atoms with Crippen molar-refractivity contribution in [2.24, 2.45) is 0 Å². The van der Waals surface area contributed by atoms with Crippen molar-refractivity contribution in [3.05, 3.63) is 23.2 Å². The number of halogens is 1. The molecule has 0 heterocycles. The van der Waals surface area contributed by atoms with E-state index >= 15 is 0 Å². The lowest BCUT2D eigenvalue weighted by Gasteiger charge is -2.21. The number of hydrogen-bond acceptors (Lipinski definition) is 3. The van der Waals surface area contributed by atoms with Crippen LogP contribution in [0.3, 0.4) is 0 Å². The Labute approximate surface area is 125 Å². The smallest absolute Gasteiger partial charge is 0.240 e. The van der Waals surface area contributed by atoms with Gasteiger partial charge >= 0.3 is 0 Å². The van der Waals surface area contributed by atoms with E-state index in [2.05, 4.69) is 4.72 Å². The third-order valence-corrected chi connectivity index (χ3v) is 5.55. The molecule has 0 saturated heterocycles. The summed E-state index contributed by atoms with van der Waals surface area (Å²) in [6, 6.07) is 4.44. The zero-order valence-electron chi connectivity index (χ0n) is 11.4. The highest BCUT2D eigenvalue weighted by molar-refractivity contribution is 7.89. The molecule has 112 valence electrons. The summed E-state index contributed by atoms with van der Waals surface area (Å²) in [6.45, 7) is 0. The molecule has 0 unspecified atom stereocenters. The van der Waals surface area contributed by atoms with E-state index in [1.165, 1.54) is 37.5 Å². The monoisotopic (exact) mass is 316 g/mol. The first-order valence-electron chi connectivity index (χ1n) is 7.06. The van der Waals surface area contributed by atoms with Crippen LogP contribution in [0, 0.1) is 0 Å². The van der Waals surface area contributed by atoms with Gasteiger partial charge in [-0.15, -0.1) is 0 Å². The molecule has 1 aliphatic carbocycles. The van der Waals surface area contributed by atoms with E-state index in [4.69, 9.17) is 17.3 Å². The second kappa shape index (κ2) is 6.78. The number of benzene rings is 1. The minimum absolute atomic E-state index is 0.0247. The van der Waals surface area contributed by atoms with Gasteiger partial charge in [0, 0.05) is 6.04 Å². The molecule has 1 aromatic rings. The topological polar surface area (TPSA) is 72.2 Å². The Kier molecular flexibility index (Phi) is 5.29. The maximum absolute atomic E-state index is 12.4. The van der Waals surface area contributed by atoms with E-state index in [0.717, 1.165) is 25.7 Å². The molecule has 1 aromatic carbocycles. The van der Waals surface area contributed by atoms with Crippen molar-refractivity contribution in [3.63, 3.8) is 0 Å². The van der Waals surface area contributed by atoms with E-state index in [0.29, 0.717) is 5.69 Å². The maximum Gasteiger partial charge on any atom is 0.240 e. The fourth-order valence-electron chi connectivity index (χ4n) is 2.54. The number of nitrogens with one attached hydrogen (secondary N) is 1. The zero-order valence-corrected chi connectivity index (χ0v) is 13.0. The summed E-state index contributed by atoms with van der Waals surface area (Å²) in [5, 5.41) is 0.269. The van der Waals surface area contributed by atoms with Gasteiger partial charge in [-0.2, -0.15) is 0 Å². The third-order valence-electron chi connectivity index (χ3n) is 3.71. The Bertz CT molecular complexity index is 552. The fraction of sp³-hybridized carbons (Fsp3) is 0.571. The molecule has 0 atom stereocenters. The van der Waals surface area contributed by atoms with Gasteiger partial charge in [-0.05, 0) is 31.0 Å². The summed E-state index contributed by atoms with van der Waals surface area (Å²) in [5.74, 6) is 0. The van der Waals surface area contributed by atoms with E-state index in [-0.39, 0.29) is 16.0 Å². The molecule has 3 N–H and O–H groups in total. The second-order valence-electron chi connectivity index (χ2n) is 5.35. The molecule has 0 radical (unpaired) electrons. The minimum Gasteiger partial charge on any atom is -0.398 e. The molecule has 0 spiro atoms. The zero-order chi connectivity index (χ0) is 14.6. The van der Waals surface area contributed by atoms with Crippen LogP contribution >= 0.6 is 11.6 Å². The number of rotatable bonds is 3. The molecule has 0 bridgehead atoms. The van der Waals surface area contributed by atoms with Crippen LogP contribution in [0.15, 0.2) is 23.1 Å². The Morgan fingerprint density at radius 2 is 1.70 bits per heavy atom. The highest BCUT2D eigenvalue weighted by atomic mass is 35.5. The van der Waals surface area contributed by atoms with Crippen molar-refractivity contribution in [1.82, 2.24) is 4.72 Å². The number of hydrogen-bond donors (Lipinski definition) is 2. The van der Waals surface area contributed by atoms with Crippen molar-refractivity contribution in [1.29, 1.82) is 0 Å². The average Bonchev–Trinajstić information content (AvgIpc) is 2.35. The summed E-state index contributed by atoms with van der Waals surface area (Å²) in [4.78, 5) is 0.179. The fourth-order valence-corrected chi connectivity index (χ4v) is 4.11. The molecule has 1 saturated carbocycles. The predicted octanol–water partition coefficient (Wildman–Crippen LogP) is 3.31. The van der Waals surface area contributed by atoms with Crippen molar-refractivity contribution in [2.45, 2.75) is 55.9 Å². The van der Waals surface area contributed by atoms with Crippen LogP contribution in [0.25, 0.3) is 0 Å². The molecule has 2 rings (SSSR count). The highest BCUT2D eigenvalue weighted by Gasteiger charge is 2.21. The van der Waals surface area contributed by atoms with Gasteiger partial charge in [0.2, 0.25) is 10.0 Å². The maximum atomic E-state index is 12.4. The van der Waals surface area contributed by atoms with Crippen molar-refractivity contribution in [2.75, 3.05) is 5.73 Å². The third kappa shape index (κ3) is 4.11. The molecular formula is C14H21ClN2O2S. The van der Waals surface area contributed by atoms with Crippen LogP contribution in [-0.4, -0.2) is 14.5 Å². The first-order valence-corrected chi connectivity index (χ1v) is 8.92. The molecule has 6 heteroatoms. The molecule has 0 aliphatic heterocycles. The van der Waals surface area contributed by atoms with Gasteiger partial charge in [0.15, 0.2) is 0 Å². The van der Waals surface area contributed by atoms with Crippen LogP contribution in [-0.2, 0) is 10.0 Å². The van der Waals surface area contributed by atoms with Crippen LogP contribution < -0.4 is 10.5 Å². The Hall–Kier alpha value is -0.780. The van der Waals surface area contributed by atoms with E-state index in [1.54, 1.807) is 0 Å². The Morgan fingerprint density at radius 1 is 1.10 bits per heavy atom. The second-order valence-corrected chi connectivity index (χ2v) is 7.47. The summed E-state index contributed by atoms with van der Waals surface area (Å²) in [7, 11) is -3.52. The van der Waals surface area contributed by atoms with Gasteiger partial charge in [0.05, 0.1) is 15.6 Å². The SMILES string of the molecule is Nc1ccc(S(=O)(=O)NC2CCCCCCC2)cc1Cl. The quantitative estimate of drug-likeness (QED) is 0.840. The number of anilines is 1. The normalized spacial score (nSPS) is 18.4. The van der Waals surface area contributed by atoms with Gasteiger partial charge in [0.25, 0.3) is 0 Å². The summed E-state index contributed by atoms with van der Waals surface area (Å²) < 4.78 is 27.5. The lowest BCUT2D eigenvalue weighted by Crippen LogP contribution is -2.35. The van der Waals surface area contributed by atoms with Gasteiger partial charge in [-0.25, -0.2) is 13.1 Å². The van der Waals surface area contributed by atoms with E-state index in [1.807, 2.05) is 0 Å². The van der Waals surface area contributed by atoms with E-state index in [9.17, 15) is 8.42 Å². The highest BCUT2D eigenvalue weighted by Crippen LogP contribution is 2.24. The van der Waals surface area contributed by atoms with Crippen LogP contribution in [0.1, 0.15) is 44.9 Å². The van der Waals surface area contributed by atoms with Crippen molar-refractivity contribution in [3.8, 4) is 0 Å². The molecule has 0 amide bonds. The lowest BCUT2D eigenvalue weighted by molar-refractivity contribution is 0.426. The first-order chi connectivity index (χ1) is 9.49. The number of nitrogens with two attached hydrogens (primary N) is 1. The average molecular weight is 317 g/mol. The van der Waals surface area contributed by atoms with Gasteiger partial charge in [0.1, 0.15) is 0 Å². The molecule has 1 aliphatic rings. The van der Waals surface area contributed by atoms with E-state index < -0.39 is 10.0 Å². The van der Waals surface area contributed by atoms with Gasteiger partial charge in [-0.3, -0.25) is 0 Å². The van der Waals surface area contributed by atoms with Crippen LogP contribution in [0.4, 0.5) is 5.69 Å². The molecular weight excluding hydrogens is 296 g/mol. The summed E-state index contributed by atoms with van der Waals surface area (Å²) in [5.41, 5.74) is 5.99. The van der Waals surface area contributed by atoms with Crippen molar-refractivity contribution < 1.29 is 8.42 Å². The number of nitrogen functional groups attached to an aromatic ring is 1. The van der Waals surface area contributed by atoms with Crippen LogP contribution in [0.2, 0.25) is 5.02 Å². The molecule has 4 nitrogen and oxygen atoms in total. The Balaban J connectivity index is 2.10. The lowest BCUT2D eigenvalue weighted by atomic mass is 9.97. The minimum atomic E-state index is -3.52.